The molecule has 0 amide bonds. The zero-order chi connectivity index (χ0) is 15.5. The lowest BCUT2D eigenvalue weighted by Crippen LogP contribution is -2.22. The lowest BCUT2D eigenvalue weighted by Gasteiger charge is -2.14. The number of aromatic nitrogens is 4. The van der Waals surface area contributed by atoms with E-state index in [9.17, 15) is 4.79 Å². The van der Waals surface area contributed by atoms with Crippen molar-refractivity contribution in [1.29, 1.82) is 0 Å². The Hall–Kier alpha value is -1.93. The van der Waals surface area contributed by atoms with Crippen LogP contribution < -0.4 is 11.3 Å². The highest BCUT2D eigenvalue weighted by Crippen LogP contribution is 2.07. The maximum Gasteiger partial charge on any atom is 0.279 e. The molecule has 0 radical (unpaired) electrons. The number of anilines is 1. The Bertz CT molecular complexity index is 659. The van der Waals surface area contributed by atoms with Gasteiger partial charge in [-0.3, -0.25) is 9.36 Å². The molecule has 0 aliphatic carbocycles. The molecule has 0 fully saturated rings. The van der Waals surface area contributed by atoms with E-state index in [4.69, 9.17) is 10.5 Å². The topological polar surface area (TPSA) is 88.0 Å². The molecule has 2 aromatic rings. The van der Waals surface area contributed by atoms with Gasteiger partial charge in [-0.05, 0) is 18.2 Å². The smallest absolute Gasteiger partial charge is 0.279 e. The first-order chi connectivity index (χ1) is 9.87. The lowest BCUT2D eigenvalue weighted by molar-refractivity contribution is 0.0685. The summed E-state index contributed by atoms with van der Waals surface area (Å²) >= 11 is 0. The van der Waals surface area contributed by atoms with E-state index < -0.39 is 8.07 Å². The van der Waals surface area contributed by atoms with E-state index in [1.807, 2.05) is 0 Å². The Morgan fingerprint density at radius 3 is 2.86 bits per heavy atom. The van der Waals surface area contributed by atoms with E-state index in [-0.39, 0.29) is 18.0 Å². The Balaban J connectivity index is 1.99. The molecule has 0 unspecified atom stereocenters. The minimum absolute atomic E-state index is 0.179. The van der Waals surface area contributed by atoms with Gasteiger partial charge in [-0.15, -0.1) is 5.10 Å². The third-order valence-corrected chi connectivity index (χ3v) is 4.66. The maximum absolute atomic E-state index is 11.9. The average Bonchev–Trinajstić information content (AvgIpc) is 2.85. The molecule has 0 aliphatic rings. The Kier molecular flexibility index (Phi) is 4.58. The minimum Gasteiger partial charge on any atom is -0.394 e. The molecular formula is C13H21N5O2Si. The molecule has 0 aromatic carbocycles. The molecule has 0 atom stereocenters. The van der Waals surface area contributed by atoms with Gasteiger partial charge in [0, 0.05) is 20.9 Å². The maximum atomic E-state index is 11.9. The van der Waals surface area contributed by atoms with Crippen molar-refractivity contribution in [1.82, 2.24) is 19.6 Å². The second-order valence-electron chi connectivity index (χ2n) is 6.06. The average molecular weight is 307 g/mol. The fraction of sp³-hybridized carbons (Fsp3) is 0.462. The normalized spacial score (nSPS) is 11.8. The predicted molar refractivity (Wildman–Crippen MR) is 84.1 cm³/mol. The third kappa shape index (κ3) is 4.27. The second kappa shape index (κ2) is 6.23. The van der Waals surface area contributed by atoms with Gasteiger partial charge < -0.3 is 10.5 Å². The van der Waals surface area contributed by atoms with Crippen LogP contribution >= 0.6 is 0 Å². The minimum atomic E-state index is -1.09. The van der Waals surface area contributed by atoms with Crippen molar-refractivity contribution in [2.24, 2.45) is 0 Å². The SMILES string of the molecule is C[Si](C)(C)CCOCn1ncc(-n2cccc(N)c2=O)n1. The standard InChI is InChI=1S/C13H21N5O2Si/c1-21(2,3)8-7-20-10-18-15-9-12(16-18)17-6-4-5-11(14)13(17)19/h4-6,9H,7-8,10,14H2,1-3H3. The summed E-state index contributed by atoms with van der Waals surface area (Å²) in [5.41, 5.74) is 5.47. The molecule has 8 heteroatoms. The van der Waals surface area contributed by atoms with Gasteiger partial charge >= 0.3 is 0 Å². The molecule has 2 aromatic heterocycles. The molecule has 7 nitrogen and oxygen atoms in total. The first-order valence-corrected chi connectivity index (χ1v) is 10.5. The van der Waals surface area contributed by atoms with Crippen LogP contribution in [0.5, 0.6) is 0 Å². The van der Waals surface area contributed by atoms with E-state index in [0.717, 1.165) is 6.04 Å². The summed E-state index contributed by atoms with van der Waals surface area (Å²) in [5, 5.41) is 8.30. The first kappa shape index (κ1) is 15.5. The summed E-state index contributed by atoms with van der Waals surface area (Å²) in [6.45, 7) is 7.87. The summed E-state index contributed by atoms with van der Waals surface area (Å²) in [6, 6.07) is 4.35. The molecule has 21 heavy (non-hydrogen) atoms. The number of pyridine rings is 1. The second-order valence-corrected chi connectivity index (χ2v) is 11.7. The number of hydrogen-bond donors (Lipinski definition) is 1. The Labute approximate surface area is 124 Å². The van der Waals surface area contributed by atoms with Crippen LogP contribution in [0.25, 0.3) is 5.82 Å². The van der Waals surface area contributed by atoms with Crippen molar-refractivity contribution in [3.8, 4) is 5.82 Å². The zero-order valence-corrected chi connectivity index (χ0v) is 13.6. The fourth-order valence-corrected chi connectivity index (χ4v) is 2.43. The number of nitrogens with two attached hydrogens (primary N) is 1. The summed E-state index contributed by atoms with van der Waals surface area (Å²) in [4.78, 5) is 13.3. The van der Waals surface area contributed by atoms with Gasteiger partial charge in [-0.1, -0.05) is 19.6 Å². The van der Waals surface area contributed by atoms with Crippen LogP contribution in [0.4, 0.5) is 5.69 Å². The fourth-order valence-electron chi connectivity index (χ4n) is 1.68. The van der Waals surface area contributed by atoms with E-state index in [2.05, 4.69) is 29.8 Å². The largest absolute Gasteiger partial charge is 0.394 e. The van der Waals surface area contributed by atoms with E-state index in [1.54, 1.807) is 18.3 Å². The van der Waals surface area contributed by atoms with Gasteiger partial charge in [0.05, 0.1) is 11.9 Å². The molecule has 114 valence electrons. The molecule has 0 bridgehead atoms. The number of ether oxygens (including phenoxy) is 1. The van der Waals surface area contributed by atoms with Gasteiger partial charge in [0.15, 0.2) is 12.5 Å². The van der Waals surface area contributed by atoms with Crippen LogP contribution in [-0.2, 0) is 11.5 Å². The highest BCUT2D eigenvalue weighted by molar-refractivity contribution is 6.76. The molecule has 0 saturated carbocycles. The predicted octanol–water partition coefficient (Wildman–Crippen LogP) is 1.32. The van der Waals surface area contributed by atoms with Crippen molar-refractivity contribution in [3.05, 3.63) is 34.9 Å². The van der Waals surface area contributed by atoms with E-state index >= 15 is 0 Å². The van der Waals surface area contributed by atoms with Crippen molar-refractivity contribution in [3.63, 3.8) is 0 Å². The number of rotatable bonds is 6. The van der Waals surface area contributed by atoms with Crippen molar-refractivity contribution < 1.29 is 4.74 Å². The molecule has 2 rings (SSSR count). The molecule has 2 heterocycles. The Morgan fingerprint density at radius 1 is 1.38 bits per heavy atom. The molecule has 0 saturated heterocycles. The summed E-state index contributed by atoms with van der Waals surface area (Å²) in [6.07, 6.45) is 3.13. The van der Waals surface area contributed by atoms with Crippen molar-refractivity contribution in [2.75, 3.05) is 12.3 Å². The third-order valence-electron chi connectivity index (χ3n) is 2.95. The van der Waals surface area contributed by atoms with Crippen LogP contribution in [0.15, 0.2) is 29.3 Å². The quantitative estimate of drug-likeness (QED) is 0.642. The van der Waals surface area contributed by atoms with Crippen LogP contribution in [0, 0.1) is 0 Å². The molecule has 0 spiro atoms. The van der Waals surface area contributed by atoms with Gasteiger partial charge in [-0.25, -0.2) is 0 Å². The van der Waals surface area contributed by atoms with Gasteiger partial charge in [0.2, 0.25) is 0 Å². The van der Waals surface area contributed by atoms with Gasteiger partial charge in [0.25, 0.3) is 5.56 Å². The summed E-state index contributed by atoms with van der Waals surface area (Å²) in [7, 11) is -1.09. The van der Waals surface area contributed by atoms with E-state index in [1.165, 1.54) is 15.6 Å². The number of nitrogens with zero attached hydrogens (tertiary/aromatic N) is 4. The molecular weight excluding hydrogens is 286 g/mol. The number of hydrogen-bond acceptors (Lipinski definition) is 5. The van der Waals surface area contributed by atoms with Crippen molar-refractivity contribution >= 4 is 13.8 Å². The van der Waals surface area contributed by atoms with Crippen LogP contribution in [0.1, 0.15) is 0 Å². The first-order valence-electron chi connectivity index (χ1n) is 6.82. The summed E-state index contributed by atoms with van der Waals surface area (Å²) < 4.78 is 6.92. The van der Waals surface area contributed by atoms with E-state index in [0.29, 0.717) is 12.4 Å². The Morgan fingerprint density at radius 2 is 2.14 bits per heavy atom. The zero-order valence-electron chi connectivity index (χ0n) is 12.6. The molecule has 2 N–H and O–H groups in total. The monoisotopic (exact) mass is 307 g/mol. The van der Waals surface area contributed by atoms with Gasteiger partial charge in [-0.2, -0.15) is 9.90 Å². The van der Waals surface area contributed by atoms with Gasteiger partial charge in [0.1, 0.15) is 0 Å². The van der Waals surface area contributed by atoms with Crippen LogP contribution in [-0.4, -0.2) is 34.2 Å². The van der Waals surface area contributed by atoms with Crippen LogP contribution in [0.3, 0.4) is 0 Å². The number of nitrogen functional groups attached to an aromatic ring is 1. The highest BCUT2D eigenvalue weighted by atomic mass is 28.3. The highest BCUT2D eigenvalue weighted by Gasteiger charge is 2.12. The lowest BCUT2D eigenvalue weighted by atomic mass is 10.4. The van der Waals surface area contributed by atoms with Crippen LogP contribution in [0.2, 0.25) is 25.7 Å². The molecule has 0 aliphatic heterocycles. The van der Waals surface area contributed by atoms with Crippen molar-refractivity contribution in [2.45, 2.75) is 32.4 Å². The summed E-state index contributed by atoms with van der Waals surface area (Å²) in [5.74, 6) is 0.432.